The molecule has 0 saturated heterocycles. The summed E-state index contributed by atoms with van der Waals surface area (Å²) in [6.07, 6.45) is 0. The highest BCUT2D eigenvalue weighted by atomic mass is 79.9. The molecule has 0 aliphatic rings. The Morgan fingerprint density at radius 1 is 1.10 bits per heavy atom. The van der Waals surface area contributed by atoms with Crippen molar-refractivity contribution in [3.63, 3.8) is 0 Å². The van der Waals surface area contributed by atoms with Crippen molar-refractivity contribution < 1.29 is 0 Å². The number of likely N-dealkylation sites (N-methyl/N-ethyl adjacent to an activating group) is 1. The van der Waals surface area contributed by atoms with Crippen LogP contribution in [-0.2, 0) is 6.54 Å². The van der Waals surface area contributed by atoms with Crippen LogP contribution in [0.25, 0.3) is 0 Å². The number of aryl methyl sites for hydroxylation is 2. The summed E-state index contributed by atoms with van der Waals surface area (Å²) in [5.74, 6) is 0. The largest absolute Gasteiger partial charge is 0.329 e. The van der Waals surface area contributed by atoms with E-state index in [1.54, 1.807) is 0 Å². The topological polar surface area (TPSA) is 29.3 Å². The van der Waals surface area contributed by atoms with Gasteiger partial charge in [-0.15, -0.1) is 0 Å². The minimum atomic E-state index is 0.239. The molecule has 0 radical (unpaired) electrons. The predicted octanol–water partition coefficient (Wildman–Crippen LogP) is 4.20. The molecule has 0 saturated carbocycles. The molecule has 1 unspecified atom stereocenters. The van der Waals surface area contributed by atoms with Crippen molar-refractivity contribution in [3.05, 3.63) is 69.2 Å². The third-order valence-electron chi connectivity index (χ3n) is 3.71. The summed E-state index contributed by atoms with van der Waals surface area (Å²) in [4.78, 5) is 2.32. The highest BCUT2D eigenvalue weighted by Crippen LogP contribution is 2.23. The minimum Gasteiger partial charge on any atom is -0.329 e. The highest BCUT2D eigenvalue weighted by molar-refractivity contribution is 9.10. The Morgan fingerprint density at radius 2 is 1.76 bits per heavy atom. The van der Waals surface area contributed by atoms with E-state index in [1.807, 2.05) is 6.07 Å². The maximum atomic E-state index is 6.04. The van der Waals surface area contributed by atoms with E-state index in [4.69, 9.17) is 5.73 Å². The molecular formula is C18H23BrN2. The Kier molecular flexibility index (Phi) is 5.57. The zero-order valence-corrected chi connectivity index (χ0v) is 14.5. The van der Waals surface area contributed by atoms with Crippen LogP contribution in [0.5, 0.6) is 0 Å². The van der Waals surface area contributed by atoms with Crippen LogP contribution < -0.4 is 5.73 Å². The first-order valence-electron chi connectivity index (χ1n) is 7.22. The standard InChI is InChI=1S/C18H23BrN2/c1-13-7-14(2)9-16(8-13)18(11-20)21(3)12-15-5-4-6-17(19)10-15/h4-10,18H,11-12,20H2,1-3H3. The smallest absolute Gasteiger partial charge is 0.0471 e. The maximum Gasteiger partial charge on any atom is 0.0471 e. The van der Waals surface area contributed by atoms with Crippen LogP contribution in [0.1, 0.15) is 28.3 Å². The van der Waals surface area contributed by atoms with Crippen molar-refractivity contribution in [2.24, 2.45) is 5.73 Å². The number of hydrogen-bond donors (Lipinski definition) is 1. The number of benzene rings is 2. The van der Waals surface area contributed by atoms with Gasteiger partial charge in [-0.05, 0) is 44.2 Å². The fraction of sp³-hybridized carbons (Fsp3) is 0.333. The van der Waals surface area contributed by atoms with E-state index in [0.29, 0.717) is 6.54 Å². The highest BCUT2D eigenvalue weighted by Gasteiger charge is 2.16. The molecule has 0 aromatic heterocycles. The van der Waals surface area contributed by atoms with Gasteiger partial charge < -0.3 is 5.73 Å². The Morgan fingerprint density at radius 3 is 2.33 bits per heavy atom. The summed E-state index contributed by atoms with van der Waals surface area (Å²) >= 11 is 3.53. The Hall–Kier alpha value is -1.16. The van der Waals surface area contributed by atoms with E-state index in [2.05, 4.69) is 78.1 Å². The van der Waals surface area contributed by atoms with Gasteiger partial charge in [0.1, 0.15) is 0 Å². The van der Waals surface area contributed by atoms with Gasteiger partial charge in [0.15, 0.2) is 0 Å². The first-order valence-corrected chi connectivity index (χ1v) is 8.02. The SMILES string of the molecule is Cc1cc(C)cc(C(CN)N(C)Cc2cccc(Br)c2)c1. The van der Waals surface area contributed by atoms with Gasteiger partial charge in [-0.2, -0.15) is 0 Å². The van der Waals surface area contributed by atoms with E-state index in [9.17, 15) is 0 Å². The van der Waals surface area contributed by atoms with E-state index in [1.165, 1.54) is 22.3 Å². The van der Waals surface area contributed by atoms with Crippen LogP contribution in [-0.4, -0.2) is 18.5 Å². The molecule has 3 heteroatoms. The van der Waals surface area contributed by atoms with E-state index in [-0.39, 0.29) is 6.04 Å². The average Bonchev–Trinajstić information content (AvgIpc) is 2.38. The van der Waals surface area contributed by atoms with Gasteiger partial charge in [0, 0.05) is 23.6 Å². The third-order valence-corrected chi connectivity index (χ3v) is 4.20. The van der Waals surface area contributed by atoms with Gasteiger partial charge in [-0.25, -0.2) is 0 Å². The Labute approximate surface area is 136 Å². The molecule has 2 N–H and O–H groups in total. The van der Waals surface area contributed by atoms with Gasteiger partial charge in [-0.1, -0.05) is 57.4 Å². The summed E-state index contributed by atoms with van der Waals surface area (Å²) in [5.41, 5.74) is 11.2. The summed E-state index contributed by atoms with van der Waals surface area (Å²) in [6.45, 7) is 5.78. The number of halogens is 1. The number of nitrogens with two attached hydrogens (primary N) is 1. The molecule has 0 spiro atoms. The van der Waals surface area contributed by atoms with Crippen LogP contribution in [0.2, 0.25) is 0 Å². The molecule has 2 aromatic carbocycles. The van der Waals surface area contributed by atoms with Crippen molar-refractivity contribution >= 4 is 15.9 Å². The lowest BCUT2D eigenvalue weighted by Crippen LogP contribution is -2.30. The van der Waals surface area contributed by atoms with Gasteiger partial charge in [0.05, 0.1) is 0 Å². The van der Waals surface area contributed by atoms with Crippen molar-refractivity contribution in [2.75, 3.05) is 13.6 Å². The Balaban J connectivity index is 2.20. The van der Waals surface area contributed by atoms with Gasteiger partial charge in [0.25, 0.3) is 0 Å². The van der Waals surface area contributed by atoms with Gasteiger partial charge in [0.2, 0.25) is 0 Å². The van der Waals surface area contributed by atoms with Crippen molar-refractivity contribution in [1.29, 1.82) is 0 Å². The second kappa shape index (κ2) is 7.21. The van der Waals surface area contributed by atoms with Crippen LogP contribution in [0, 0.1) is 13.8 Å². The molecule has 0 heterocycles. The summed E-state index contributed by atoms with van der Waals surface area (Å²) in [7, 11) is 2.14. The van der Waals surface area contributed by atoms with Crippen molar-refractivity contribution in [1.82, 2.24) is 4.90 Å². The predicted molar refractivity (Wildman–Crippen MR) is 93.3 cm³/mol. The zero-order valence-electron chi connectivity index (χ0n) is 12.9. The van der Waals surface area contributed by atoms with Crippen LogP contribution in [0.3, 0.4) is 0 Å². The molecule has 2 rings (SSSR count). The van der Waals surface area contributed by atoms with Crippen LogP contribution >= 0.6 is 15.9 Å². The number of nitrogens with zero attached hydrogens (tertiary/aromatic N) is 1. The van der Waals surface area contributed by atoms with E-state index < -0.39 is 0 Å². The summed E-state index contributed by atoms with van der Waals surface area (Å²) in [5, 5.41) is 0. The van der Waals surface area contributed by atoms with Crippen molar-refractivity contribution in [3.8, 4) is 0 Å². The van der Waals surface area contributed by atoms with Crippen LogP contribution in [0.15, 0.2) is 46.9 Å². The summed E-state index contributed by atoms with van der Waals surface area (Å²) in [6, 6.07) is 15.3. The molecule has 21 heavy (non-hydrogen) atoms. The molecule has 0 fully saturated rings. The van der Waals surface area contributed by atoms with Crippen LogP contribution in [0.4, 0.5) is 0 Å². The average molecular weight is 347 g/mol. The monoisotopic (exact) mass is 346 g/mol. The summed E-state index contributed by atoms with van der Waals surface area (Å²) < 4.78 is 1.11. The first kappa shape index (κ1) is 16.2. The lowest BCUT2D eigenvalue weighted by Gasteiger charge is -2.28. The lowest BCUT2D eigenvalue weighted by atomic mass is 10.00. The molecule has 2 aromatic rings. The molecule has 2 nitrogen and oxygen atoms in total. The Bertz CT molecular complexity index is 590. The minimum absolute atomic E-state index is 0.239. The first-order chi connectivity index (χ1) is 9.99. The normalized spacial score (nSPS) is 12.7. The number of rotatable bonds is 5. The molecule has 0 aliphatic carbocycles. The fourth-order valence-corrected chi connectivity index (χ4v) is 3.25. The maximum absolute atomic E-state index is 6.04. The number of hydrogen-bond acceptors (Lipinski definition) is 2. The molecular weight excluding hydrogens is 324 g/mol. The fourth-order valence-electron chi connectivity index (χ4n) is 2.81. The second-order valence-electron chi connectivity index (χ2n) is 5.72. The molecule has 1 atom stereocenters. The quantitative estimate of drug-likeness (QED) is 0.878. The van der Waals surface area contributed by atoms with Gasteiger partial charge in [-0.3, -0.25) is 4.90 Å². The second-order valence-corrected chi connectivity index (χ2v) is 6.63. The molecule has 0 bridgehead atoms. The molecule has 0 amide bonds. The van der Waals surface area contributed by atoms with Crippen molar-refractivity contribution in [2.45, 2.75) is 26.4 Å². The van der Waals surface area contributed by atoms with E-state index in [0.717, 1.165) is 11.0 Å². The molecule has 112 valence electrons. The van der Waals surface area contributed by atoms with E-state index >= 15 is 0 Å². The lowest BCUT2D eigenvalue weighted by molar-refractivity contribution is 0.241. The third kappa shape index (κ3) is 4.40. The molecule has 0 aliphatic heterocycles. The zero-order chi connectivity index (χ0) is 15.4. The van der Waals surface area contributed by atoms with Gasteiger partial charge >= 0.3 is 0 Å².